The molecule has 1 atom stereocenters. The van der Waals surface area contributed by atoms with E-state index >= 15 is 0 Å². The number of nitrogens with one attached hydrogen (secondary N) is 2. The maximum absolute atomic E-state index is 12.0. The normalized spacial score (nSPS) is 12.6. The monoisotopic (exact) mass is 267 g/mol. The molecule has 0 radical (unpaired) electrons. The first-order valence-electron chi connectivity index (χ1n) is 5.91. The third-order valence-electron chi connectivity index (χ3n) is 2.76. The molecule has 0 aliphatic heterocycles. The third kappa shape index (κ3) is 4.03. The maximum atomic E-state index is 12.0. The Bertz CT molecular complexity index is 485. The molecular weight excluding hydrogens is 252 g/mol. The van der Waals surface area contributed by atoms with Crippen molar-refractivity contribution in [3.8, 4) is 5.75 Å². The number of hydrogen-bond donors (Lipinski definition) is 2. The first kappa shape index (κ1) is 13.5. The number of benzene rings is 1. The largest absolute Gasteiger partial charge is 0.435 e. The molecule has 0 bridgehead atoms. The van der Waals surface area contributed by atoms with Crippen LogP contribution in [-0.4, -0.2) is 16.8 Å². The van der Waals surface area contributed by atoms with E-state index in [-0.39, 0.29) is 11.8 Å². The van der Waals surface area contributed by atoms with Crippen molar-refractivity contribution in [1.29, 1.82) is 0 Å². The summed E-state index contributed by atoms with van der Waals surface area (Å²) in [4.78, 5) is 0. The lowest BCUT2D eigenvalue weighted by Crippen LogP contribution is -2.18. The summed E-state index contributed by atoms with van der Waals surface area (Å²) in [7, 11) is 0. The number of nitrogens with zero attached hydrogens (tertiary/aromatic N) is 1. The summed E-state index contributed by atoms with van der Waals surface area (Å²) in [5, 5.41) is 10.0. The van der Waals surface area contributed by atoms with Crippen LogP contribution >= 0.6 is 0 Å². The zero-order chi connectivity index (χ0) is 13.7. The van der Waals surface area contributed by atoms with Gasteiger partial charge in [-0.2, -0.15) is 13.9 Å². The SMILES string of the molecule is CC(NCc1ccn[nH]1)c1ccc(OC(F)F)cc1. The van der Waals surface area contributed by atoms with Crippen molar-refractivity contribution in [2.75, 3.05) is 0 Å². The highest BCUT2D eigenvalue weighted by molar-refractivity contribution is 5.29. The van der Waals surface area contributed by atoms with E-state index in [0.29, 0.717) is 6.54 Å². The molecule has 0 spiro atoms. The van der Waals surface area contributed by atoms with E-state index in [9.17, 15) is 8.78 Å². The van der Waals surface area contributed by atoms with E-state index in [1.54, 1.807) is 18.3 Å². The van der Waals surface area contributed by atoms with Gasteiger partial charge in [-0.15, -0.1) is 0 Å². The van der Waals surface area contributed by atoms with Gasteiger partial charge in [0.2, 0.25) is 0 Å². The first-order chi connectivity index (χ1) is 9.15. The molecular formula is C13H15F2N3O. The predicted molar refractivity (Wildman–Crippen MR) is 66.9 cm³/mol. The molecule has 2 rings (SSSR count). The fraction of sp³-hybridized carbons (Fsp3) is 0.308. The van der Waals surface area contributed by atoms with E-state index in [2.05, 4.69) is 20.3 Å². The molecule has 6 heteroatoms. The van der Waals surface area contributed by atoms with Crippen molar-refractivity contribution in [2.24, 2.45) is 0 Å². The number of aromatic nitrogens is 2. The zero-order valence-corrected chi connectivity index (χ0v) is 10.4. The van der Waals surface area contributed by atoms with Crippen molar-refractivity contribution in [2.45, 2.75) is 26.1 Å². The molecule has 1 aromatic heterocycles. The number of ether oxygens (including phenoxy) is 1. The summed E-state index contributed by atoms with van der Waals surface area (Å²) in [6.45, 7) is -0.128. The molecule has 102 valence electrons. The standard InChI is InChI=1S/C13H15F2N3O/c1-9(16-8-11-6-7-17-18-11)10-2-4-12(5-3-10)19-13(14)15/h2-7,9,13,16H,8H2,1H3,(H,17,18). The van der Waals surface area contributed by atoms with E-state index in [1.165, 1.54) is 12.1 Å². The second-order valence-corrected chi connectivity index (χ2v) is 4.13. The molecule has 1 aromatic carbocycles. The minimum atomic E-state index is -2.79. The first-order valence-corrected chi connectivity index (χ1v) is 5.91. The minimum absolute atomic E-state index is 0.101. The van der Waals surface area contributed by atoms with Gasteiger partial charge in [-0.3, -0.25) is 5.10 Å². The van der Waals surface area contributed by atoms with Crippen molar-refractivity contribution < 1.29 is 13.5 Å². The lowest BCUT2D eigenvalue weighted by molar-refractivity contribution is -0.0498. The highest BCUT2D eigenvalue weighted by Crippen LogP contribution is 2.19. The molecule has 4 nitrogen and oxygen atoms in total. The number of aromatic amines is 1. The van der Waals surface area contributed by atoms with Crippen LogP contribution in [0.2, 0.25) is 0 Å². The molecule has 2 aromatic rings. The summed E-state index contributed by atoms with van der Waals surface area (Å²) in [5.41, 5.74) is 1.99. The number of H-pyrrole nitrogens is 1. The molecule has 1 unspecified atom stereocenters. The average Bonchev–Trinajstić information content (AvgIpc) is 2.89. The number of alkyl halides is 2. The summed E-state index contributed by atoms with van der Waals surface area (Å²) in [6.07, 6.45) is 1.69. The van der Waals surface area contributed by atoms with Gasteiger partial charge < -0.3 is 10.1 Å². The Labute approximate surface area is 109 Å². The van der Waals surface area contributed by atoms with Gasteiger partial charge in [0.05, 0.1) is 0 Å². The molecule has 0 aliphatic rings. The highest BCUT2D eigenvalue weighted by Gasteiger charge is 2.07. The quantitative estimate of drug-likeness (QED) is 0.846. The molecule has 0 saturated carbocycles. The van der Waals surface area contributed by atoms with Crippen LogP contribution in [0.25, 0.3) is 0 Å². The van der Waals surface area contributed by atoms with Crippen LogP contribution in [0, 0.1) is 0 Å². The topological polar surface area (TPSA) is 49.9 Å². The van der Waals surface area contributed by atoms with Crippen LogP contribution in [-0.2, 0) is 6.54 Å². The van der Waals surface area contributed by atoms with Crippen LogP contribution in [0.5, 0.6) is 5.75 Å². The van der Waals surface area contributed by atoms with Gasteiger partial charge in [0.15, 0.2) is 0 Å². The van der Waals surface area contributed by atoms with Gasteiger partial charge in [-0.1, -0.05) is 12.1 Å². The Morgan fingerprint density at radius 1 is 1.26 bits per heavy atom. The Balaban J connectivity index is 1.90. The van der Waals surface area contributed by atoms with Crippen LogP contribution in [0.1, 0.15) is 24.2 Å². The summed E-state index contributed by atoms with van der Waals surface area (Å²) in [5.74, 6) is 0.166. The Morgan fingerprint density at radius 3 is 2.58 bits per heavy atom. The number of halogens is 2. The summed E-state index contributed by atoms with van der Waals surface area (Å²) in [6, 6.07) is 8.60. The van der Waals surface area contributed by atoms with E-state index in [4.69, 9.17) is 0 Å². The van der Waals surface area contributed by atoms with Gasteiger partial charge in [0.1, 0.15) is 5.75 Å². The summed E-state index contributed by atoms with van der Waals surface area (Å²) >= 11 is 0. The molecule has 0 aliphatic carbocycles. The van der Waals surface area contributed by atoms with Crippen LogP contribution in [0.4, 0.5) is 8.78 Å². The summed E-state index contributed by atoms with van der Waals surface area (Å²) < 4.78 is 28.3. The second kappa shape index (κ2) is 6.29. The Kier molecular flexibility index (Phi) is 4.46. The van der Waals surface area contributed by atoms with Crippen LogP contribution in [0.3, 0.4) is 0 Å². The molecule has 0 amide bonds. The second-order valence-electron chi connectivity index (χ2n) is 4.13. The maximum Gasteiger partial charge on any atom is 0.387 e. The molecule has 0 saturated heterocycles. The van der Waals surface area contributed by atoms with E-state index in [1.807, 2.05) is 13.0 Å². The fourth-order valence-corrected chi connectivity index (χ4v) is 1.70. The van der Waals surface area contributed by atoms with Gasteiger partial charge in [0, 0.05) is 24.5 Å². The van der Waals surface area contributed by atoms with E-state index in [0.717, 1.165) is 11.3 Å². The van der Waals surface area contributed by atoms with Crippen molar-refractivity contribution in [3.05, 3.63) is 47.8 Å². The predicted octanol–water partition coefficient (Wildman–Crippen LogP) is 2.86. The zero-order valence-electron chi connectivity index (χ0n) is 10.4. The molecule has 0 fully saturated rings. The molecule has 1 heterocycles. The minimum Gasteiger partial charge on any atom is -0.435 e. The Morgan fingerprint density at radius 2 is 2.00 bits per heavy atom. The third-order valence-corrected chi connectivity index (χ3v) is 2.76. The fourth-order valence-electron chi connectivity index (χ4n) is 1.70. The van der Waals surface area contributed by atoms with Crippen LogP contribution in [0.15, 0.2) is 36.5 Å². The number of hydrogen-bond acceptors (Lipinski definition) is 3. The highest BCUT2D eigenvalue weighted by atomic mass is 19.3. The van der Waals surface area contributed by atoms with Crippen LogP contribution < -0.4 is 10.1 Å². The Hall–Kier alpha value is -1.95. The smallest absolute Gasteiger partial charge is 0.387 e. The number of rotatable bonds is 6. The van der Waals surface area contributed by atoms with Crippen molar-refractivity contribution >= 4 is 0 Å². The lowest BCUT2D eigenvalue weighted by atomic mass is 10.1. The molecule has 2 N–H and O–H groups in total. The molecule has 19 heavy (non-hydrogen) atoms. The average molecular weight is 267 g/mol. The van der Waals surface area contributed by atoms with Gasteiger partial charge in [-0.25, -0.2) is 0 Å². The van der Waals surface area contributed by atoms with Gasteiger partial charge in [-0.05, 0) is 30.7 Å². The van der Waals surface area contributed by atoms with Crippen molar-refractivity contribution in [3.63, 3.8) is 0 Å². The van der Waals surface area contributed by atoms with Crippen molar-refractivity contribution in [1.82, 2.24) is 15.5 Å². The van der Waals surface area contributed by atoms with Gasteiger partial charge >= 0.3 is 6.61 Å². The lowest BCUT2D eigenvalue weighted by Gasteiger charge is -2.14. The van der Waals surface area contributed by atoms with E-state index < -0.39 is 6.61 Å². The van der Waals surface area contributed by atoms with Gasteiger partial charge in [0.25, 0.3) is 0 Å².